The molecule has 0 amide bonds. The second-order valence-electron chi connectivity index (χ2n) is 3.57. The van der Waals surface area contributed by atoms with Gasteiger partial charge in [-0.2, -0.15) is 0 Å². The van der Waals surface area contributed by atoms with E-state index in [1.54, 1.807) is 18.2 Å². The van der Waals surface area contributed by atoms with Gasteiger partial charge in [0.1, 0.15) is 5.82 Å². The second kappa shape index (κ2) is 5.94. The maximum Gasteiger partial charge on any atom is 0.169 e. The third-order valence-electron chi connectivity index (χ3n) is 2.32. The minimum absolute atomic E-state index is 0.0487. The lowest BCUT2D eigenvalue weighted by Crippen LogP contribution is -2.04. The van der Waals surface area contributed by atoms with Crippen LogP contribution in [-0.2, 0) is 6.42 Å². The summed E-state index contributed by atoms with van der Waals surface area (Å²) in [5.74, 6) is -0.474. The number of rotatable bonds is 3. The van der Waals surface area contributed by atoms with Gasteiger partial charge in [-0.1, -0.05) is 15.9 Å². The van der Waals surface area contributed by atoms with E-state index in [0.717, 1.165) is 12.0 Å². The van der Waals surface area contributed by atoms with Crippen LogP contribution in [-0.4, -0.2) is 5.78 Å². The van der Waals surface area contributed by atoms with Crippen molar-refractivity contribution in [2.75, 3.05) is 0 Å². The van der Waals surface area contributed by atoms with E-state index in [-0.39, 0.29) is 18.0 Å². The molecule has 0 atom stereocenters. The van der Waals surface area contributed by atoms with Gasteiger partial charge in [-0.25, -0.2) is 4.39 Å². The van der Waals surface area contributed by atoms with Crippen molar-refractivity contribution in [3.8, 4) is 0 Å². The molecule has 0 N–H and O–H groups in total. The smallest absolute Gasteiger partial charge is 0.169 e. The van der Waals surface area contributed by atoms with Crippen LogP contribution in [0.5, 0.6) is 0 Å². The minimum Gasteiger partial charge on any atom is -0.294 e. The van der Waals surface area contributed by atoms with Crippen molar-refractivity contribution in [3.05, 3.63) is 53.3 Å². The lowest BCUT2D eigenvalue weighted by atomic mass is 10.1. The number of carbonyl (C=O) groups is 1. The van der Waals surface area contributed by atoms with Gasteiger partial charge in [0, 0.05) is 16.5 Å². The Bertz CT molecular complexity index is 609. The zero-order valence-corrected chi connectivity index (χ0v) is 14.4. The zero-order chi connectivity index (χ0) is 13.3. The van der Waals surface area contributed by atoms with E-state index in [2.05, 4.69) is 47.8 Å². The van der Waals surface area contributed by atoms with E-state index in [1.807, 2.05) is 0 Å². The Morgan fingerprint density at radius 1 is 1.22 bits per heavy atom. The average Bonchev–Trinajstić information content (AvgIpc) is 2.63. The number of hydrogen-bond acceptors (Lipinski definition) is 2. The molecule has 0 fully saturated rings. The van der Waals surface area contributed by atoms with Gasteiger partial charge in [0.25, 0.3) is 0 Å². The minimum atomic E-state index is -0.364. The van der Waals surface area contributed by atoms with E-state index >= 15 is 0 Å². The molecule has 1 nitrogen and oxygen atoms in total. The third-order valence-corrected chi connectivity index (χ3v) is 5.15. The molecule has 1 aromatic carbocycles. The van der Waals surface area contributed by atoms with Crippen LogP contribution in [0, 0.1) is 5.82 Å². The predicted octanol–water partition coefficient (Wildman–Crippen LogP) is 5.60. The summed E-state index contributed by atoms with van der Waals surface area (Å²) in [5, 5.41) is 0. The van der Waals surface area contributed by atoms with Crippen LogP contribution in [0.15, 0.2) is 36.3 Å². The van der Waals surface area contributed by atoms with Gasteiger partial charge in [0.15, 0.2) is 5.78 Å². The first kappa shape index (κ1) is 14.4. The third kappa shape index (κ3) is 3.29. The van der Waals surface area contributed by atoms with Crippen molar-refractivity contribution in [1.82, 2.24) is 0 Å². The van der Waals surface area contributed by atoms with Gasteiger partial charge in [-0.05, 0) is 61.7 Å². The van der Waals surface area contributed by atoms with Gasteiger partial charge in [0.2, 0.25) is 0 Å². The number of halogens is 4. The normalized spacial score (nSPS) is 10.7. The molecule has 2 aromatic rings. The molecule has 2 rings (SSSR count). The van der Waals surface area contributed by atoms with E-state index in [0.29, 0.717) is 11.1 Å². The van der Waals surface area contributed by atoms with E-state index < -0.39 is 0 Å². The molecule has 0 unspecified atom stereocenters. The van der Waals surface area contributed by atoms with Crippen LogP contribution in [0.2, 0.25) is 0 Å². The second-order valence-corrected chi connectivity index (χ2v) is 8.24. The highest BCUT2D eigenvalue weighted by Crippen LogP contribution is 2.32. The molecule has 0 radical (unpaired) electrons. The van der Waals surface area contributed by atoms with Crippen LogP contribution in [0.3, 0.4) is 0 Å². The zero-order valence-electron chi connectivity index (χ0n) is 8.84. The first-order valence-electron chi connectivity index (χ1n) is 4.89. The number of Topliss-reactive ketones (excluding diaryl/α,β-unsaturated/α-hetero) is 1. The van der Waals surface area contributed by atoms with E-state index in [1.165, 1.54) is 17.4 Å². The molecule has 1 aromatic heterocycles. The lowest BCUT2D eigenvalue weighted by Gasteiger charge is -2.03. The average molecular weight is 457 g/mol. The first-order valence-corrected chi connectivity index (χ1v) is 8.09. The standard InChI is InChI=1S/C12H6Br3FOS/c13-7-1-2-9(16)6(3-7)4-10(17)8-5-11(14)18-12(8)15/h1-3,5H,4H2. The topological polar surface area (TPSA) is 17.1 Å². The molecule has 6 heteroatoms. The predicted molar refractivity (Wildman–Crippen MR) is 81.9 cm³/mol. The molecule has 0 saturated heterocycles. The van der Waals surface area contributed by atoms with Crippen LogP contribution in [0.25, 0.3) is 0 Å². The van der Waals surface area contributed by atoms with Crippen molar-refractivity contribution in [2.24, 2.45) is 0 Å². The maximum absolute atomic E-state index is 13.6. The fraction of sp³-hybridized carbons (Fsp3) is 0.0833. The molecule has 1 heterocycles. The van der Waals surface area contributed by atoms with Crippen molar-refractivity contribution < 1.29 is 9.18 Å². The molecule has 0 spiro atoms. The van der Waals surface area contributed by atoms with Crippen LogP contribution in [0.1, 0.15) is 15.9 Å². The van der Waals surface area contributed by atoms with Gasteiger partial charge in [0.05, 0.1) is 7.57 Å². The van der Waals surface area contributed by atoms with E-state index in [4.69, 9.17) is 0 Å². The Labute approximate surface area is 133 Å². The highest BCUT2D eigenvalue weighted by molar-refractivity contribution is 9.12. The monoisotopic (exact) mass is 454 g/mol. The van der Waals surface area contributed by atoms with Crippen molar-refractivity contribution in [3.63, 3.8) is 0 Å². The number of carbonyl (C=O) groups excluding carboxylic acids is 1. The van der Waals surface area contributed by atoms with Crippen molar-refractivity contribution in [2.45, 2.75) is 6.42 Å². The summed E-state index contributed by atoms with van der Waals surface area (Å²) in [6, 6.07) is 6.33. The molecule has 0 saturated carbocycles. The fourth-order valence-corrected chi connectivity index (χ4v) is 4.74. The van der Waals surface area contributed by atoms with Crippen LogP contribution in [0.4, 0.5) is 4.39 Å². The number of thiophene rings is 1. The summed E-state index contributed by atoms with van der Waals surface area (Å²) in [6.45, 7) is 0. The molecular formula is C12H6Br3FOS. The molecular weight excluding hydrogens is 451 g/mol. The fourth-order valence-electron chi connectivity index (χ4n) is 1.48. The largest absolute Gasteiger partial charge is 0.294 e. The Balaban J connectivity index is 2.26. The molecule has 94 valence electrons. The molecule has 18 heavy (non-hydrogen) atoms. The summed E-state index contributed by atoms with van der Waals surface area (Å²) in [7, 11) is 0. The maximum atomic E-state index is 13.6. The van der Waals surface area contributed by atoms with Crippen molar-refractivity contribution >= 4 is 64.9 Å². The van der Waals surface area contributed by atoms with Gasteiger partial charge in [-0.3, -0.25) is 4.79 Å². The number of ketones is 1. The Hall–Kier alpha value is -0.0400. The number of hydrogen-bond donors (Lipinski definition) is 0. The molecule has 0 aliphatic carbocycles. The lowest BCUT2D eigenvalue weighted by molar-refractivity contribution is 0.0991. The Kier molecular flexibility index (Phi) is 4.75. The quantitative estimate of drug-likeness (QED) is 0.549. The van der Waals surface area contributed by atoms with Crippen LogP contribution < -0.4 is 0 Å². The highest BCUT2D eigenvalue weighted by atomic mass is 79.9. The summed E-state index contributed by atoms with van der Waals surface area (Å²) in [5.41, 5.74) is 0.967. The van der Waals surface area contributed by atoms with Crippen molar-refractivity contribution in [1.29, 1.82) is 0 Å². The van der Waals surface area contributed by atoms with E-state index in [9.17, 15) is 9.18 Å². The van der Waals surface area contributed by atoms with Gasteiger partial charge >= 0.3 is 0 Å². The summed E-state index contributed by atoms with van der Waals surface area (Å²) >= 11 is 11.3. The SMILES string of the molecule is O=C(Cc1cc(Br)ccc1F)c1cc(Br)sc1Br. The number of benzene rings is 1. The summed E-state index contributed by atoms with van der Waals surface area (Å²) < 4.78 is 15.9. The molecule has 0 bridgehead atoms. The Morgan fingerprint density at radius 3 is 2.56 bits per heavy atom. The summed E-state index contributed by atoms with van der Waals surface area (Å²) in [6.07, 6.45) is 0.0487. The van der Waals surface area contributed by atoms with Gasteiger partial charge in [-0.15, -0.1) is 11.3 Å². The first-order chi connectivity index (χ1) is 8.47. The summed E-state index contributed by atoms with van der Waals surface area (Å²) in [4.78, 5) is 12.1. The molecule has 0 aliphatic rings. The Morgan fingerprint density at radius 2 is 1.94 bits per heavy atom. The van der Waals surface area contributed by atoms with Crippen LogP contribution >= 0.6 is 59.1 Å². The van der Waals surface area contributed by atoms with Gasteiger partial charge < -0.3 is 0 Å². The molecule has 0 aliphatic heterocycles. The highest BCUT2D eigenvalue weighted by Gasteiger charge is 2.16.